The molecule has 1 aromatic carbocycles. The van der Waals surface area contributed by atoms with Gasteiger partial charge in [0.1, 0.15) is 10.8 Å². The quantitative estimate of drug-likeness (QED) is 0.809. The lowest BCUT2D eigenvalue weighted by atomic mass is 10.0. The van der Waals surface area contributed by atoms with Crippen LogP contribution in [0.1, 0.15) is 50.7 Å². The van der Waals surface area contributed by atoms with E-state index < -0.39 is 0 Å². The van der Waals surface area contributed by atoms with Crippen LogP contribution in [-0.4, -0.2) is 22.5 Å². The van der Waals surface area contributed by atoms with Gasteiger partial charge in [0, 0.05) is 24.7 Å². The first-order valence-corrected chi connectivity index (χ1v) is 8.20. The molecule has 2 rings (SSSR count). The fraction of sp³-hybridized carbons (Fsp3) is 0.588. The number of hydrogen-bond acceptors (Lipinski definition) is 2. The third-order valence-electron chi connectivity index (χ3n) is 4.15. The summed E-state index contributed by atoms with van der Waals surface area (Å²) in [6.07, 6.45) is 5.14. The molecule has 0 amide bonds. The zero-order chi connectivity index (χ0) is 15.4. The van der Waals surface area contributed by atoms with Crippen molar-refractivity contribution in [3.05, 3.63) is 35.1 Å². The predicted molar refractivity (Wildman–Crippen MR) is 89.8 cm³/mol. The molecule has 1 saturated carbocycles. The Bertz CT molecular complexity index is 496. The number of nitrogens with two attached hydrogens (primary N) is 1. The molecule has 0 unspecified atom stereocenters. The summed E-state index contributed by atoms with van der Waals surface area (Å²) in [4.78, 5) is 2.80. The molecule has 116 valence electrons. The van der Waals surface area contributed by atoms with Gasteiger partial charge >= 0.3 is 0 Å². The van der Waals surface area contributed by atoms with E-state index in [-0.39, 0.29) is 10.8 Å². The Morgan fingerprint density at radius 2 is 2.05 bits per heavy atom. The maximum Gasteiger partial charge on any atom is 0.123 e. The molecular weight excluding hydrogens is 283 g/mol. The summed E-state index contributed by atoms with van der Waals surface area (Å²) in [5.41, 5.74) is 7.48. The highest BCUT2D eigenvalue weighted by Gasteiger charge is 2.24. The molecule has 0 spiro atoms. The van der Waals surface area contributed by atoms with Crippen LogP contribution in [0.4, 0.5) is 4.39 Å². The lowest BCUT2D eigenvalue weighted by Gasteiger charge is -2.31. The fourth-order valence-electron chi connectivity index (χ4n) is 3.22. The van der Waals surface area contributed by atoms with E-state index in [9.17, 15) is 4.39 Å². The summed E-state index contributed by atoms with van der Waals surface area (Å²) in [6.45, 7) is 6.33. The van der Waals surface area contributed by atoms with Crippen LogP contribution in [0.25, 0.3) is 0 Å². The van der Waals surface area contributed by atoms with E-state index in [1.807, 2.05) is 6.07 Å². The van der Waals surface area contributed by atoms with Crippen molar-refractivity contribution in [2.24, 2.45) is 11.7 Å². The number of nitrogens with zero attached hydrogens (tertiary/aromatic N) is 1. The molecule has 0 bridgehead atoms. The van der Waals surface area contributed by atoms with Gasteiger partial charge in [-0.15, -0.1) is 0 Å². The number of rotatable bonds is 6. The Balaban J connectivity index is 2.21. The minimum Gasteiger partial charge on any atom is -0.389 e. The maximum absolute atomic E-state index is 13.4. The van der Waals surface area contributed by atoms with Gasteiger partial charge in [-0.25, -0.2) is 4.39 Å². The van der Waals surface area contributed by atoms with Gasteiger partial charge in [-0.1, -0.05) is 45.0 Å². The minimum absolute atomic E-state index is 0.278. The highest BCUT2D eigenvalue weighted by molar-refractivity contribution is 7.80. The first kappa shape index (κ1) is 16.4. The number of hydrogen-bond donors (Lipinski definition) is 1. The van der Waals surface area contributed by atoms with Crippen LogP contribution in [0.2, 0.25) is 0 Å². The van der Waals surface area contributed by atoms with Gasteiger partial charge in [-0.2, -0.15) is 0 Å². The molecule has 0 heterocycles. The molecule has 0 atom stereocenters. The Labute approximate surface area is 132 Å². The third kappa shape index (κ3) is 4.48. The maximum atomic E-state index is 13.4. The smallest absolute Gasteiger partial charge is 0.123 e. The van der Waals surface area contributed by atoms with Gasteiger partial charge in [-0.05, 0) is 36.5 Å². The summed E-state index contributed by atoms with van der Waals surface area (Å²) >= 11 is 5.08. The molecule has 1 fully saturated rings. The van der Waals surface area contributed by atoms with Crippen molar-refractivity contribution >= 4 is 17.2 Å². The van der Waals surface area contributed by atoms with Crippen molar-refractivity contribution in [2.45, 2.75) is 52.1 Å². The summed E-state index contributed by atoms with van der Waals surface area (Å²) in [6, 6.07) is 5.42. The lowest BCUT2D eigenvalue weighted by Crippen LogP contribution is -2.36. The van der Waals surface area contributed by atoms with Crippen LogP contribution in [0, 0.1) is 11.7 Å². The Morgan fingerprint density at radius 3 is 2.62 bits per heavy atom. The standard InChI is InChI=1S/C17H25FN2S/c1-12(2)10-20(15-5-3-4-6-15)11-13-7-8-14(18)9-16(13)17(19)21/h7-9,12,15H,3-6,10-11H2,1-2H3,(H2,19,21). The van der Waals surface area contributed by atoms with Crippen LogP contribution in [-0.2, 0) is 6.54 Å². The third-order valence-corrected chi connectivity index (χ3v) is 4.37. The Kier molecular flexibility index (Phi) is 5.71. The summed E-state index contributed by atoms with van der Waals surface area (Å²) < 4.78 is 13.4. The second-order valence-corrected chi connectivity index (χ2v) is 6.87. The average Bonchev–Trinajstić information content (AvgIpc) is 2.93. The van der Waals surface area contributed by atoms with Crippen molar-refractivity contribution in [3.8, 4) is 0 Å². The van der Waals surface area contributed by atoms with Crippen LogP contribution in [0.5, 0.6) is 0 Å². The molecule has 2 N–H and O–H groups in total. The molecule has 0 saturated heterocycles. The van der Waals surface area contributed by atoms with Crippen LogP contribution in [0.3, 0.4) is 0 Å². The topological polar surface area (TPSA) is 29.3 Å². The SMILES string of the molecule is CC(C)CN(Cc1ccc(F)cc1C(N)=S)C1CCCC1. The van der Waals surface area contributed by atoms with Gasteiger partial charge in [0.2, 0.25) is 0 Å². The van der Waals surface area contributed by atoms with Gasteiger partial charge in [0.05, 0.1) is 0 Å². The summed E-state index contributed by atoms with van der Waals surface area (Å²) in [7, 11) is 0. The van der Waals surface area contributed by atoms with E-state index in [0.29, 0.717) is 17.5 Å². The molecule has 0 aromatic heterocycles. The molecule has 1 aliphatic rings. The highest BCUT2D eigenvalue weighted by Crippen LogP contribution is 2.26. The summed E-state index contributed by atoms with van der Waals surface area (Å²) in [5.74, 6) is 0.331. The van der Waals surface area contributed by atoms with Crippen LogP contribution in [0.15, 0.2) is 18.2 Å². The van der Waals surface area contributed by atoms with Gasteiger partial charge in [0.25, 0.3) is 0 Å². The second kappa shape index (κ2) is 7.32. The van der Waals surface area contributed by atoms with Crippen molar-refractivity contribution < 1.29 is 4.39 Å². The van der Waals surface area contributed by atoms with Gasteiger partial charge in [0.15, 0.2) is 0 Å². The minimum atomic E-state index is -0.280. The van der Waals surface area contributed by atoms with Crippen molar-refractivity contribution in [1.29, 1.82) is 0 Å². The Hall–Kier alpha value is -1.00. The largest absolute Gasteiger partial charge is 0.389 e. The molecule has 1 aromatic rings. The van der Waals surface area contributed by atoms with Crippen molar-refractivity contribution in [2.75, 3.05) is 6.54 Å². The molecule has 2 nitrogen and oxygen atoms in total. The van der Waals surface area contributed by atoms with Crippen molar-refractivity contribution in [1.82, 2.24) is 4.90 Å². The lowest BCUT2D eigenvalue weighted by molar-refractivity contribution is 0.168. The van der Waals surface area contributed by atoms with Gasteiger partial charge < -0.3 is 5.73 Å². The molecule has 0 radical (unpaired) electrons. The predicted octanol–water partition coefficient (Wildman–Crippen LogP) is 3.86. The summed E-state index contributed by atoms with van der Waals surface area (Å²) in [5, 5.41) is 0. The zero-order valence-electron chi connectivity index (χ0n) is 12.9. The zero-order valence-corrected chi connectivity index (χ0v) is 13.8. The van der Waals surface area contributed by atoms with Crippen molar-refractivity contribution in [3.63, 3.8) is 0 Å². The second-order valence-electron chi connectivity index (χ2n) is 6.43. The van der Waals surface area contributed by atoms with E-state index in [1.165, 1.54) is 37.8 Å². The van der Waals surface area contributed by atoms with Crippen LogP contribution >= 0.6 is 12.2 Å². The average molecular weight is 308 g/mol. The van der Waals surface area contributed by atoms with E-state index in [0.717, 1.165) is 18.7 Å². The van der Waals surface area contributed by atoms with E-state index >= 15 is 0 Å². The van der Waals surface area contributed by atoms with E-state index in [1.54, 1.807) is 0 Å². The van der Waals surface area contributed by atoms with Gasteiger partial charge in [-0.3, -0.25) is 4.90 Å². The molecule has 21 heavy (non-hydrogen) atoms. The highest BCUT2D eigenvalue weighted by atomic mass is 32.1. The Morgan fingerprint density at radius 1 is 1.38 bits per heavy atom. The number of thiocarbonyl (C=S) groups is 1. The molecular formula is C17H25FN2S. The molecule has 0 aliphatic heterocycles. The fourth-order valence-corrected chi connectivity index (χ4v) is 3.41. The first-order valence-electron chi connectivity index (χ1n) is 7.79. The monoisotopic (exact) mass is 308 g/mol. The van der Waals surface area contributed by atoms with E-state index in [2.05, 4.69) is 18.7 Å². The number of halogens is 1. The molecule has 4 heteroatoms. The first-order chi connectivity index (χ1) is 9.97. The van der Waals surface area contributed by atoms with E-state index in [4.69, 9.17) is 18.0 Å². The number of benzene rings is 1. The normalized spacial score (nSPS) is 16.0. The van der Waals surface area contributed by atoms with Crippen LogP contribution < -0.4 is 5.73 Å². The molecule has 1 aliphatic carbocycles.